The van der Waals surface area contributed by atoms with Gasteiger partial charge >= 0.3 is 12.0 Å². The number of pyridine rings is 1. The predicted octanol–water partition coefficient (Wildman–Crippen LogP) is 0.802. The Hall–Kier alpha value is -2.64. The van der Waals surface area contributed by atoms with Crippen molar-refractivity contribution in [3.8, 4) is 0 Å². The highest BCUT2D eigenvalue weighted by Crippen LogP contribution is 2.06. The molecule has 1 atom stereocenters. The standard InChI is InChI=1S/C12H15N5O3/c1-3-20-10(18)8(2)13-12(19)14-11-16-15-9-6-4-5-7-17(9)11/h4-8H,3H2,1-2H3,(H2,13,14,16,19)/t8-/m0/s1. The fourth-order valence-electron chi connectivity index (χ4n) is 1.59. The summed E-state index contributed by atoms with van der Waals surface area (Å²) in [4.78, 5) is 23.2. The average Bonchev–Trinajstić information content (AvgIpc) is 2.82. The molecule has 0 fully saturated rings. The normalized spacial score (nSPS) is 11.9. The van der Waals surface area contributed by atoms with Crippen molar-refractivity contribution in [3.63, 3.8) is 0 Å². The molecule has 2 aromatic heterocycles. The maximum atomic E-state index is 11.8. The lowest BCUT2D eigenvalue weighted by molar-refractivity contribution is -0.144. The van der Waals surface area contributed by atoms with E-state index >= 15 is 0 Å². The van der Waals surface area contributed by atoms with Crippen LogP contribution in [-0.2, 0) is 9.53 Å². The molecule has 0 radical (unpaired) electrons. The minimum atomic E-state index is -0.742. The zero-order chi connectivity index (χ0) is 14.5. The Labute approximate surface area is 115 Å². The van der Waals surface area contributed by atoms with Crippen molar-refractivity contribution in [2.24, 2.45) is 0 Å². The van der Waals surface area contributed by atoms with Crippen LogP contribution in [-0.4, -0.2) is 39.2 Å². The summed E-state index contributed by atoms with van der Waals surface area (Å²) in [7, 11) is 0. The molecule has 20 heavy (non-hydrogen) atoms. The summed E-state index contributed by atoms with van der Waals surface area (Å²) in [5, 5.41) is 12.7. The number of aromatic nitrogens is 3. The number of rotatable bonds is 4. The van der Waals surface area contributed by atoms with Crippen LogP contribution < -0.4 is 10.6 Å². The van der Waals surface area contributed by atoms with Crippen molar-refractivity contribution < 1.29 is 14.3 Å². The Morgan fingerprint density at radius 3 is 2.95 bits per heavy atom. The molecule has 0 aliphatic heterocycles. The molecule has 2 heterocycles. The fraction of sp³-hybridized carbons (Fsp3) is 0.333. The number of fused-ring (bicyclic) bond motifs is 1. The smallest absolute Gasteiger partial charge is 0.328 e. The number of hydrogen-bond donors (Lipinski definition) is 2. The second-order valence-electron chi connectivity index (χ2n) is 4.02. The van der Waals surface area contributed by atoms with E-state index < -0.39 is 18.0 Å². The maximum absolute atomic E-state index is 11.8. The highest BCUT2D eigenvalue weighted by molar-refractivity contribution is 5.91. The minimum absolute atomic E-state index is 0.265. The van der Waals surface area contributed by atoms with Gasteiger partial charge in [0.15, 0.2) is 5.65 Å². The monoisotopic (exact) mass is 277 g/mol. The van der Waals surface area contributed by atoms with Crippen molar-refractivity contribution in [2.75, 3.05) is 11.9 Å². The molecule has 0 saturated heterocycles. The molecule has 0 saturated carbocycles. The van der Waals surface area contributed by atoms with E-state index in [9.17, 15) is 9.59 Å². The molecule has 0 unspecified atom stereocenters. The molecule has 0 spiro atoms. The van der Waals surface area contributed by atoms with Crippen molar-refractivity contribution in [3.05, 3.63) is 24.4 Å². The molecular weight excluding hydrogens is 262 g/mol. The van der Waals surface area contributed by atoms with E-state index in [2.05, 4.69) is 20.8 Å². The van der Waals surface area contributed by atoms with Gasteiger partial charge in [0.25, 0.3) is 0 Å². The van der Waals surface area contributed by atoms with Gasteiger partial charge < -0.3 is 10.1 Å². The highest BCUT2D eigenvalue weighted by Gasteiger charge is 2.17. The van der Waals surface area contributed by atoms with Gasteiger partial charge in [0.1, 0.15) is 6.04 Å². The second-order valence-corrected chi connectivity index (χ2v) is 4.02. The van der Waals surface area contributed by atoms with E-state index in [1.165, 1.54) is 0 Å². The van der Waals surface area contributed by atoms with Crippen LogP contribution in [0, 0.1) is 0 Å². The van der Waals surface area contributed by atoms with Gasteiger partial charge in [-0.25, -0.2) is 9.59 Å². The largest absolute Gasteiger partial charge is 0.464 e. The van der Waals surface area contributed by atoms with Gasteiger partial charge in [0, 0.05) is 6.20 Å². The van der Waals surface area contributed by atoms with Crippen LogP contribution in [0.25, 0.3) is 5.65 Å². The van der Waals surface area contributed by atoms with Crippen LogP contribution in [0.15, 0.2) is 24.4 Å². The Kier molecular flexibility index (Phi) is 4.14. The highest BCUT2D eigenvalue weighted by atomic mass is 16.5. The van der Waals surface area contributed by atoms with Gasteiger partial charge in [0.2, 0.25) is 5.95 Å². The summed E-state index contributed by atoms with van der Waals surface area (Å²) in [6, 6.07) is 4.08. The zero-order valence-corrected chi connectivity index (χ0v) is 11.2. The predicted molar refractivity (Wildman–Crippen MR) is 71.2 cm³/mol. The number of esters is 1. The third-order valence-electron chi connectivity index (χ3n) is 2.53. The molecule has 0 aliphatic rings. The molecular formula is C12H15N5O3. The minimum Gasteiger partial charge on any atom is -0.464 e. The lowest BCUT2D eigenvalue weighted by Gasteiger charge is -2.12. The van der Waals surface area contributed by atoms with Gasteiger partial charge in [-0.1, -0.05) is 6.07 Å². The summed E-state index contributed by atoms with van der Waals surface area (Å²) in [5.74, 6) is -0.220. The average molecular weight is 277 g/mol. The van der Waals surface area contributed by atoms with E-state index in [1.54, 1.807) is 36.6 Å². The summed E-state index contributed by atoms with van der Waals surface area (Å²) in [5.41, 5.74) is 0.612. The number of carbonyl (C=O) groups excluding carboxylic acids is 2. The van der Waals surface area contributed by atoms with E-state index in [0.29, 0.717) is 5.65 Å². The molecule has 8 heteroatoms. The number of amides is 2. The van der Waals surface area contributed by atoms with Crippen LogP contribution in [0.5, 0.6) is 0 Å². The number of carbonyl (C=O) groups is 2. The molecule has 2 rings (SSSR count). The second kappa shape index (κ2) is 6.00. The van der Waals surface area contributed by atoms with Gasteiger partial charge in [0.05, 0.1) is 6.61 Å². The van der Waals surface area contributed by atoms with Gasteiger partial charge in [-0.15, -0.1) is 10.2 Å². The zero-order valence-electron chi connectivity index (χ0n) is 11.2. The molecule has 8 nitrogen and oxygen atoms in total. The van der Waals surface area contributed by atoms with Gasteiger partial charge in [-0.3, -0.25) is 9.72 Å². The number of ether oxygens (including phenoxy) is 1. The number of hydrogen-bond acceptors (Lipinski definition) is 5. The first kappa shape index (κ1) is 13.8. The molecule has 2 amide bonds. The van der Waals surface area contributed by atoms with Crippen LogP contribution in [0.3, 0.4) is 0 Å². The lowest BCUT2D eigenvalue weighted by atomic mass is 10.3. The van der Waals surface area contributed by atoms with E-state index in [1.807, 2.05) is 6.07 Å². The Morgan fingerprint density at radius 1 is 1.40 bits per heavy atom. The van der Waals surface area contributed by atoms with Crippen molar-refractivity contribution in [1.29, 1.82) is 0 Å². The number of anilines is 1. The van der Waals surface area contributed by atoms with Crippen LogP contribution >= 0.6 is 0 Å². The van der Waals surface area contributed by atoms with Crippen LogP contribution in [0.4, 0.5) is 10.7 Å². The molecule has 0 aromatic carbocycles. The molecule has 2 aromatic rings. The Balaban J connectivity index is 1.99. The van der Waals surface area contributed by atoms with Gasteiger partial charge in [-0.05, 0) is 26.0 Å². The van der Waals surface area contributed by atoms with Gasteiger partial charge in [-0.2, -0.15) is 0 Å². The number of nitrogens with zero attached hydrogens (tertiary/aromatic N) is 3. The molecule has 2 N–H and O–H groups in total. The summed E-state index contributed by atoms with van der Waals surface area (Å²) in [6.07, 6.45) is 1.72. The Morgan fingerprint density at radius 2 is 2.20 bits per heavy atom. The van der Waals surface area contributed by atoms with Crippen LogP contribution in [0.2, 0.25) is 0 Å². The van der Waals surface area contributed by atoms with Crippen molar-refractivity contribution >= 4 is 23.6 Å². The quantitative estimate of drug-likeness (QED) is 0.806. The third-order valence-corrected chi connectivity index (χ3v) is 2.53. The molecule has 0 bridgehead atoms. The first-order chi connectivity index (χ1) is 9.61. The lowest BCUT2D eigenvalue weighted by Crippen LogP contribution is -2.42. The first-order valence-electron chi connectivity index (χ1n) is 6.15. The van der Waals surface area contributed by atoms with E-state index in [-0.39, 0.29) is 12.6 Å². The summed E-state index contributed by atoms with van der Waals surface area (Å²) < 4.78 is 6.42. The Bertz CT molecular complexity index is 624. The first-order valence-corrected chi connectivity index (χ1v) is 6.15. The van der Waals surface area contributed by atoms with Crippen molar-refractivity contribution in [2.45, 2.75) is 19.9 Å². The molecule has 0 aliphatic carbocycles. The fourth-order valence-corrected chi connectivity index (χ4v) is 1.59. The van der Waals surface area contributed by atoms with Crippen LogP contribution in [0.1, 0.15) is 13.8 Å². The summed E-state index contributed by atoms with van der Waals surface area (Å²) in [6.45, 7) is 3.51. The van der Waals surface area contributed by atoms with Crippen molar-refractivity contribution in [1.82, 2.24) is 19.9 Å². The summed E-state index contributed by atoms with van der Waals surface area (Å²) >= 11 is 0. The SMILES string of the molecule is CCOC(=O)[C@H](C)NC(=O)Nc1nnc2ccccn12. The third kappa shape index (κ3) is 3.02. The number of nitrogens with one attached hydrogen (secondary N) is 2. The number of urea groups is 1. The van der Waals surface area contributed by atoms with E-state index in [4.69, 9.17) is 4.74 Å². The molecule has 106 valence electrons. The maximum Gasteiger partial charge on any atom is 0.328 e. The topological polar surface area (TPSA) is 97.6 Å². The van der Waals surface area contributed by atoms with E-state index in [0.717, 1.165) is 0 Å².